The van der Waals surface area contributed by atoms with Crippen LogP contribution in [0.3, 0.4) is 0 Å². The van der Waals surface area contributed by atoms with Crippen LogP contribution in [0.25, 0.3) is 0 Å². The van der Waals surface area contributed by atoms with Crippen LogP contribution >= 0.6 is 0 Å². The van der Waals surface area contributed by atoms with Crippen LogP contribution < -0.4 is 11.1 Å². The van der Waals surface area contributed by atoms with Gasteiger partial charge in [-0.3, -0.25) is 4.79 Å². The average molecular weight is 246 g/mol. The van der Waals surface area contributed by atoms with Gasteiger partial charge in [-0.25, -0.2) is 0 Å². The Hall–Kier alpha value is -1.35. The molecule has 3 heteroatoms. The van der Waals surface area contributed by atoms with Crippen molar-refractivity contribution in [3.63, 3.8) is 0 Å². The lowest BCUT2D eigenvalue weighted by Gasteiger charge is -2.44. The zero-order valence-corrected chi connectivity index (χ0v) is 11.2. The topological polar surface area (TPSA) is 55.1 Å². The molecule has 0 spiro atoms. The quantitative estimate of drug-likeness (QED) is 0.853. The van der Waals surface area contributed by atoms with Gasteiger partial charge in [0.1, 0.15) is 0 Å². The molecule has 1 aromatic rings. The number of rotatable bonds is 4. The number of carbonyl (C=O) groups excluding carboxylic acids is 1. The van der Waals surface area contributed by atoms with Crippen molar-refractivity contribution in [2.45, 2.75) is 33.2 Å². The maximum Gasteiger partial charge on any atom is 0.227 e. The van der Waals surface area contributed by atoms with Gasteiger partial charge in [-0.2, -0.15) is 0 Å². The fourth-order valence-electron chi connectivity index (χ4n) is 2.79. The van der Waals surface area contributed by atoms with Crippen LogP contribution in [-0.4, -0.2) is 12.5 Å². The Balaban J connectivity index is 1.90. The molecule has 3 nitrogen and oxygen atoms in total. The molecule has 98 valence electrons. The van der Waals surface area contributed by atoms with Gasteiger partial charge in [0.2, 0.25) is 5.91 Å². The van der Waals surface area contributed by atoms with Crippen LogP contribution in [0, 0.1) is 18.3 Å². The Kier molecular flexibility index (Phi) is 3.71. The predicted molar refractivity (Wildman–Crippen MR) is 72.9 cm³/mol. The molecular weight excluding hydrogens is 224 g/mol. The molecule has 1 amide bonds. The van der Waals surface area contributed by atoms with E-state index in [1.165, 1.54) is 5.56 Å². The summed E-state index contributed by atoms with van der Waals surface area (Å²) in [4.78, 5) is 12.2. The first-order valence-electron chi connectivity index (χ1n) is 6.60. The van der Waals surface area contributed by atoms with E-state index in [2.05, 4.69) is 31.3 Å². The van der Waals surface area contributed by atoms with Crippen molar-refractivity contribution in [2.75, 3.05) is 6.54 Å². The van der Waals surface area contributed by atoms with Gasteiger partial charge in [0.25, 0.3) is 0 Å². The minimum Gasteiger partial charge on any atom is -0.352 e. The summed E-state index contributed by atoms with van der Waals surface area (Å²) < 4.78 is 0. The van der Waals surface area contributed by atoms with Gasteiger partial charge in [0, 0.05) is 13.1 Å². The molecule has 0 aromatic heterocycles. The Morgan fingerprint density at radius 2 is 2.00 bits per heavy atom. The lowest BCUT2D eigenvalue weighted by molar-refractivity contribution is -0.138. The normalized spacial score (nSPS) is 26.5. The second-order valence-electron chi connectivity index (χ2n) is 5.67. The van der Waals surface area contributed by atoms with E-state index in [0.29, 0.717) is 19.0 Å². The van der Waals surface area contributed by atoms with Crippen molar-refractivity contribution in [2.24, 2.45) is 17.1 Å². The van der Waals surface area contributed by atoms with Crippen molar-refractivity contribution in [1.29, 1.82) is 0 Å². The Morgan fingerprint density at radius 1 is 1.39 bits per heavy atom. The summed E-state index contributed by atoms with van der Waals surface area (Å²) in [5.74, 6) is 0.738. The van der Waals surface area contributed by atoms with Crippen molar-refractivity contribution in [3.8, 4) is 0 Å². The van der Waals surface area contributed by atoms with Crippen LogP contribution in [0.5, 0.6) is 0 Å². The molecule has 1 fully saturated rings. The molecule has 18 heavy (non-hydrogen) atoms. The molecule has 1 saturated carbocycles. The first-order valence-corrected chi connectivity index (χ1v) is 6.60. The Bertz CT molecular complexity index is 419. The SMILES string of the molecule is Cc1ccc(CNC(=O)C2(CN)CC(C)C2)cc1. The van der Waals surface area contributed by atoms with Gasteiger partial charge < -0.3 is 11.1 Å². The lowest BCUT2D eigenvalue weighted by Crippen LogP contribution is -2.53. The van der Waals surface area contributed by atoms with E-state index in [1.54, 1.807) is 0 Å². The highest BCUT2D eigenvalue weighted by Crippen LogP contribution is 2.44. The maximum absolute atomic E-state index is 12.2. The van der Waals surface area contributed by atoms with E-state index in [0.717, 1.165) is 18.4 Å². The summed E-state index contributed by atoms with van der Waals surface area (Å²) in [5.41, 5.74) is 7.82. The fourth-order valence-corrected chi connectivity index (χ4v) is 2.79. The lowest BCUT2D eigenvalue weighted by atomic mass is 9.62. The predicted octanol–water partition coefficient (Wildman–Crippen LogP) is 1.99. The van der Waals surface area contributed by atoms with E-state index >= 15 is 0 Å². The van der Waals surface area contributed by atoms with Crippen molar-refractivity contribution in [1.82, 2.24) is 5.32 Å². The van der Waals surface area contributed by atoms with Gasteiger partial charge in [-0.1, -0.05) is 36.8 Å². The molecule has 0 heterocycles. The van der Waals surface area contributed by atoms with Gasteiger partial charge in [-0.15, -0.1) is 0 Å². The highest BCUT2D eigenvalue weighted by atomic mass is 16.2. The van der Waals surface area contributed by atoms with Crippen LogP contribution in [0.1, 0.15) is 30.9 Å². The molecule has 0 unspecified atom stereocenters. The summed E-state index contributed by atoms with van der Waals surface area (Å²) in [5, 5.41) is 3.01. The van der Waals surface area contributed by atoms with Gasteiger partial charge in [0.05, 0.1) is 5.41 Å². The molecule has 0 atom stereocenters. The third-order valence-electron chi connectivity index (χ3n) is 3.92. The van der Waals surface area contributed by atoms with Crippen molar-refractivity contribution < 1.29 is 4.79 Å². The number of hydrogen-bond acceptors (Lipinski definition) is 2. The molecule has 0 saturated heterocycles. The standard InChI is InChI=1S/C15H22N2O/c1-11-3-5-13(6-4-11)9-17-14(18)15(10-16)7-12(2)8-15/h3-6,12H,7-10,16H2,1-2H3,(H,17,18). The number of carbonyl (C=O) groups is 1. The second kappa shape index (κ2) is 5.11. The van der Waals surface area contributed by atoms with Gasteiger partial charge in [0.15, 0.2) is 0 Å². The zero-order valence-electron chi connectivity index (χ0n) is 11.2. The minimum atomic E-state index is -0.301. The van der Waals surface area contributed by atoms with E-state index in [-0.39, 0.29) is 11.3 Å². The van der Waals surface area contributed by atoms with E-state index < -0.39 is 0 Å². The molecular formula is C15H22N2O. The molecule has 2 rings (SSSR count). The number of aryl methyl sites for hydroxylation is 1. The molecule has 3 N–H and O–H groups in total. The highest BCUT2D eigenvalue weighted by Gasteiger charge is 2.46. The van der Waals surface area contributed by atoms with Crippen LogP contribution in [0.2, 0.25) is 0 Å². The van der Waals surface area contributed by atoms with Gasteiger partial charge >= 0.3 is 0 Å². The summed E-state index contributed by atoms with van der Waals surface area (Å²) >= 11 is 0. The first kappa shape index (κ1) is 13.1. The van der Waals surface area contributed by atoms with E-state index in [4.69, 9.17) is 5.73 Å². The first-order chi connectivity index (χ1) is 8.55. The number of nitrogens with one attached hydrogen (secondary N) is 1. The number of amides is 1. The summed E-state index contributed by atoms with van der Waals surface area (Å²) in [6, 6.07) is 8.22. The summed E-state index contributed by atoms with van der Waals surface area (Å²) in [6.45, 7) is 5.27. The number of benzene rings is 1. The highest BCUT2D eigenvalue weighted by molar-refractivity contribution is 5.83. The third-order valence-corrected chi connectivity index (χ3v) is 3.92. The Labute approximate surface area is 109 Å². The molecule has 1 aliphatic rings. The molecule has 0 aliphatic heterocycles. The monoisotopic (exact) mass is 246 g/mol. The number of hydrogen-bond donors (Lipinski definition) is 2. The zero-order chi connectivity index (χ0) is 13.2. The van der Waals surface area contributed by atoms with Crippen LogP contribution in [0.4, 0.5) is 0 Å². The van der Waals surface area contributed by atoms with Crippen molar-refractivity contribution in [3.05, 3.63) is 35.4 Å². The molecule has 0 bridgehead atoms. The van der Waals surface area contributed by atoms with E-state index in [9.17, 15) is 4.79 Å². The second-order valence-corrected chi connectivity index (χ2v) is 5.67. The van der Waals surface area contributed by atoms with Crippen LogP contribution in [-0.2, 0) is 11.3 Å². The Morgan fingerprint density at radius 3 is 2.50 bits per heavy atom. The van der Waals surface area contributed by atoms with Crippen molar-refractivity contribution >= 4 is 5.91 Å². The summed E-state index contributed by atoms with van der Waals surface area (Å²) in [7, 11) is 0. The molecule has 0 radical (unpaired) electrons. The largest absolute Gasteiger partial charge is 0.352 e. The maximum atomic E-state index is 12.2. The molecule has 1 aromatic carbocycles. The fraction of sp³-hybridized carbons (Fsp3) is 0.533. The minimum absolute atomic E-state index is 0.115. The number of nitrogens with two attached hydrogens (primary N) is 1. The third kappa shape index (κ3) is 2.56. The van der Waals surface area contributed by atoms with E-state index in [1.807, 2.05) is 12.1 Å². The van der Waals surface area contributed by atoms with Crippen LogP contribution in [0.15, 0.2) is 24.3 Å². The smallest absolute Gasteiger partial charge is 0.227 e. The summed E-state index contributed by atoms with van der Waals surface area (Å²) in [6.07, 6.45) is 1.84. The molecule has 1 aliphatic carbocycles. The average Bonchev–Trinajstić information content (AvgIpc) is 2.33. The van der Waals surface area contributed by atoms with Gasteiger partial charge in [-0.05, 0) is 31.2 Å².